The molecule has 0 spiro atoms. The standard InChI is InChI=1S/C23H23O3/c1-17-6-4-5-7-18(17)16-23(24,19-8-12-21(25-2)13-9-19)20-10-14-22(26-3)15-11-20/h5-15,24H,16H2,1-3H3. The highest BCUT2D eigenvalue weighted by Crippen LogP contribution is 2.35. The molecule has 0 bridgehead atoms. The van der Waals surface area contributed by atoms with Gasteiger partial charge in [-0.2, -0.15) is 0 Å². The van der Waals surface area contributed by atoms with Crippen molar-refractivity contribution in [1.82, 2.24) is 0 Å². The highest BCUT2D eigenvalue weighted by molar-refractivity contribution is 5.43. The zero-order valence-corrected chi connectivity index (χ0v) is 15.3. The van der Waals surface area contributed by atoms with Gasteiger partial charge in [-0.3, -0.25) is 0 Å². The van der Waals surface area contributed by atoms with E-state index in [4.69, 9.17) is 9.47 Å². The first-order chi connectivity index (χ1) is 12.6. The molecule has 26 heavy (non-hydrogen) atoms. The van der Waals surface area contributed by atoms with E-state index in [9.17, 15) is 5.11 Å². The average molecular weight is 347 g/mol. The predicted octanol–water partition coefficient (Wildman–Crippen LogP) is 4.29. The fraction of sp³-hybridized carbons (Fsp3) is 0.217. The molecule has 0 amide bonds. The molecule has 0 aliphatic heterocycles. The third-order valence-corrected chi connectivity index (χ3v) is 4.77. The lowest BCUT2D eigenvalue weighted by molar-refractivity contribution is 0.0808. The summed E-state index contributed by atoms with van der Waals surface area (Å²) in [6, 6.07) is 24.0. The van der Waals surface area contributed by atoms with Crippen LogP contribution < -0.4 is 9.47 Å². The van der Waals surface area contributed by atoms with E-state index in [1.165, 1.54) is 0 Å². The van der Waals surface area contributed by atoms with E-state index in [2.05, 4.69) is 6.07 Å². The zero-order chi connectivity index (χ0) is 18.6. The van der Waals surface area contributed by atoms with Crippen LogP contribution in [-0.4, -0.2) is 19.3 Å². The maximum Gasteiger partial charge on any atom is 0.119 e. The zero-order valence-electron chi connectivity index (χ0n) is 15.3. The Balaban J connectivity index is 2.08. The van der Waals surface area contributed by atoms with Gasteiger partial charge in [0, 0.05) is 6.42 Å². The number of rotatable bonds is 6. The molecule has 133 valence electrons. The summed E-state index contributed by atoms with van der Waals surface area (Å²) in [7, 11) is 3.27. The summed E-state index contributed by atoms with van der Waals surface area (Å²) < 4.78 is 10.5. The van der Waals surface area contributed by atoms with Crippen molar-refractivity contribution in [2.24, 2.45) is 0 Å². The summed E-state index contributed by atoms with van der Waals surface area (Å²) in [6.45, 7) is 2.04. The van der Waals surface area contributed by atoms with Crippen molar-refractivity contribution in [3.63, 3.8) is 0 Å². The van der Waals surface area contributed by atoms with Gasteiger partial charge in [-0.15, -0.1) is 0 Å². The van der Waals surface area contributed by atoms with Gasteiger partial charge in [-0.05, 0) is 59.5 Å². The van der Waals surface area contributed by atoms with Gasteiger partial charge in [0.25, 0.3) is 0 Å². The van der Waals surface area contributed by atoms with Gasteiger partial charge in [0.15, 0.2) is 0 Å². The van der Waals surface area contributed by atoms with Crippen molar-refractivity contribution in [2.75, 3.05) is 14.2 Å². The second-order valence-corrected chi connectivity index (χ2v) is 6.35. The predicted molar refractivity (Wildman–Crippen MR) is 103 cm³/mol. The minimum Gasteiger partial charge on any atom is -0.497 e. The third kappa shape index (κ3) is 3.58. The molecule has 3 aromatic rings. The molecule has 3 aromatic carbocycles. The van der Waals surface area contributed by atoms with E-state index in [1.807, 2.05) is 73.7 Å². The van der Waals surface area contributed by atoms with E-state index >= 15 is 0 Å². The van der Waals surface area contributed by atoms with Gasteiger partial charge >= 0.3 is 0 Å². The van der Waals surface area contributed by atoms with E-state index in [0.717, 1.165) is 33.8 Å². The molecule has 0 saturated heterocycles. The van der Waals surface area contributed by atoms with Crippen molar-refractivity contribution in [3.05, 3.63) is 95.1 Å². The van der Waals surface area contributed by atoms with Crippen molar-refractivity contribution in [1.29, 1.82) is 0 Å². The highest BCUT2D eigenvalue weighted by Gasteiger charge is 2.32. The monoisotopic (exact) mass is 347 g/mol. The second-order valence-electron chi connectivity index (χ2n) is 6.35. The van der Waals surface area contributed by atoms with Crippen LogP contribution in [-0.2, 0) is 12.0 Å². The van der Waals surface area contributed by atoms with Gasteiger partial charge in [0.2, 0.25) is 0 Å². The number of methoxy groups -OCH3 is 2. The summed E-state index contributed by atoms with van der Waals surface area (Å²) >= 11 is 0. The number of hydrogen-bond donors (Lipinski definition) is 1. The first-order valence-electron chi connectivity index (χ1n) is 8.54. The summed E-state index contributed by atoms with van der Waals surface area (Å²) in [5.74, 6) is 1.52. The molecule has 3 heteroatoms. The molecule has 1 radical (unpaired) electrons. The number of ether oxygens (including phenoxy) is 2. The van der Waals surface area contributed by atoms with Crippen LogP contribution in [0.3, 0.4) is 0 Å². The minimum atomic E-state index is -1.16. The Bertz CT molecular complexity index is 804. The van der Waals surface area contributed by atoms with Crippen LogP contribution in [0.1, 0.15) is 22.3 Å². The molecular weight excluding hydrogens is 324 g/mol. The van der Waals surface area contributed by atoms with Crippen molar-refractivity contribution < 1.29 is 14.6 Å². The Morgan fingerprint density at radius 2 is 1.35 bits per heavy atom. The summed E-state index contributed by atoms with van der Waals surface area (Å²) in [5.41, 5.74) is 2.65. The maximum atomic E-state index is 11.8. The molecule has 0 fully saturated rings. The Morgan fingerprint density at radius 1 is 0.846 bits per heavy atom. The third-order valence-electron chi connectivity index (χ3n) is 4.77. The van der Waals surface area contributed by atoms with Gasteiger partial charge in [-0.25, -0.2) is 0 Å². The Kier molecular flexibility index (Phi) is 5.29. The molecule has 0 aromatic heterocycles. The van der Waals surface area contributed by atoms with Crippen LogP contribution in [0.25, 0.3) is 0 Å². The Hall–Kier alpha value is -2.78. The van der Waals surface area contributed by atoms with Crippen molar-refractivity contribution in [3.8, 4) is 11.5 Å². The SMILES string of the molecule is COc1ccc(C(O)(Cc2cc[c]cc2C)c2ccc(OC)cc2)cc1. The molecule has 0 saturated carbocycles. The lowest BCUT2D eigenvalue weighted by atomic mass is 9.80. The number of hydrogen-bond acceptors (Lipinski definition) is 3. The van der Waals surface area contributed by atoms with Crippen LogP contribution in [0.5, 0.6) is 11.5 Å². The van der Waals surface area contributed by atoms with Crippen LogP contribution in [0.15, 0.2) is 66.7 Å². The smallest absolute Gasteiger partial charge is 0.119 e. The Morgan fingerprint density at radius 3 is 1.77 bits per heavy atom. The summed E-state index contributed by atoms with van der Waals surface area (Å²) in [5, 5.41) is 11.8. The number of benzene rings is 3. The minimum absolute atomic E-state index is 0.464. The van der Waals surface area contributed by atoms with Crippen LogP contribution in [0.2, 0.25) is 0 Å². The van der Waals surface area contributed by atoms with Crippen LogP contribution >= 0.6 is 0 Å². The number of aliphatic hydroxyl groups is 1. The first-order valence-corrected chi connectivity index (χ1v) is 8.54. The molecule has 3 nitrogen and oxygen atoms in total. The molecule has 0 aliphatic rings. The first kappa shape index (κ1) is 18.0. The maximum absolute atomic E-state index is 11.8. The van der Waals surface area contributed by atoms with Crippen LogP contribution in [0, 0.1) is 13.0 Å². The molecule has 1 N–H and O–H groups in total. The van der Waals surface area contributed by atoms with Gasteiger partial charge in [0.05, 0.1) is 14.2 Å². The van der Waals surface area contributed by atoms with Crippen molar-refractivity contribution in [2.45, 2.75) is 18.9 Å². The van der Waals surface area contributed by atoms with E-state index in [1.54, 1.807) is 14.2 Å². The van der Waals surface area contributed by atoms with E-state index in [-0.39, 0.29) is 0 Å². The molecular formula is C23H23O3. The summed E-state index contributed by atoms with van der Waals surface area (Å²) in [6.07, 6.45) is 0.464. The van der Waals surface area contributed by atoms with E-state index < -0.39 is 5.60 Å². The second kappa shape index (κ2) is 7.63. The van der Waals surface area contributed by atoms with Crippen LogP contribution in [0.4, 0.5) is 0 Å². The van der Waals surface area contributed by atoms with Crippen molar-refractivity contribution >= 4 is 0 Å². The summed E-state index contributed by atoms with van der Waals surface area (Å²) in [4.78, 5) is 0. The molecule has 3 rings (SSSR count). The van der Waals surface area contributed by atoms with E-state index in [0.29, 0.717) is 6.42 Å². The topological polar surface area (TPSA) is 38.7 Å². The number of aryl methyl sites for hydroxylation is 1. The molecule has 0 atom stereocenters. The lowest BCUT2D eigenvalue weighted by Crippen LogP contribution is -2.30. The lowest BCUT2D eigenvalue weighted by Gasteiger charge is -2.30. The normalized spacial score (nSPS) is 11.2. The molecule has 0 heterocycles. The fourth-order valence-electron chi connectivity index (χ4n) is 3.12. The largest absolute Gasteiger partial charge is 0.497 e. The Labute approximate surface area is 154 Å². The fourth-order valence-corrected chi connectivity index (χ4v) is 3.12. The quantitative estimate of drug-likeness (QED) is 0.723. The average Bonchev–Trinajstić information content (AvgIpc) is 2.70. The van der Waals surface area contributed by atoms with Gasteiger partial charge < -0.3 is 14.6 Å². The van der Waals surface area contributed by atoms with Gasteiger partial charge in [-0.1, -0.05) is 42.5 Å². The molecule has 0 unspecified atom stereocenters. The molecule has 0 aliphatic carbocycles. The van der Waals surface area contributed by atoms with Gasteiger partial charge in [0.1, 0.15) is 17.1 Å². The highest BCUT2D eigenvalue weighted by atomic mass is 16.5.